The van der Waals surface area contributed by atoms with Crippen LogP contribution in [0.5, 0.6) is 5.75 Å². The van der Waals surface area contributed by atoms with Crippen LogP contribution < -0.4 is 20.7 Å². The molecule has 0 spiro atoms. The monoisotopic (exact) mass is 529 g/mol. The van der Waals surface area contributed by atoms with Crippen LogP contribution in [0.15, 0.2) is 24.3 Å². The summed E-state index contributed by atoms with van der Waals surface area (Å²) in [5.41, 5.74) is 0.271. The van der Waals surface area contributed by atoms with Crippen LogP contribution in [0.4, 0.5) is 0 Å². The van der Waals surface area contributed by atoms with Gasteiger partial charge in [0.25, 0.3) is 5.91 Å². The molecule has 0 unspecified atom stereocenters. The molecule has 38 heavy (non-hydrogen) atoms. The minimum Gasteiger partial charge on any atom is -0.491 e. The molecule has 3 atom stereocenters. The van der Waals surface area contributed by atoms with E-state index in [0.717, 1.165) is 13.0 Å². The fourth-order valence-electron chi connectivity index (χ4n) is 4.88. The van der Waals surface area contributed by atoms with Gasteiger partial charge in [-0.25, -0.2) is 0 Å². The van der Waals surface area contributed by atoms with Gasteiger partial charge in [-0.3, -0.25) is 19.2 Å². The molecular formula is C28H43N5O5. The highest BCUT2D eigenvalue weighted by Gasteiger charge is 2.33. The number of rotatable bonds is 4. The molecule has 2 aliphatic rings. The smallest absolute Gasteiger partial charge is 0.255 e. The van der Waals surface area contributed by atoms with E-state index in [1.54, 1.807) is 29.2 Å². The number of hydrogen-bond donors (Lipinski definition) is 3. The van der Waals surface area contributed by atoms with Crippen LogP contribution in [-0.2, 0) is 14.4 Å². The summed E-state index contributed by atoms with van der Waals surface area (Å²) in [6.07, 6.45) is 1.20. The lowest BCUT2D eigenvalue weighted by molar-refractivity contribution is -0.136. The number of carbonyl (C=O) groups excluding carboxylic acids is 4. The quantitative estimate of drug-likeness (QED) is 0.543. The Morgan fingerprint density at radius 3 is 2.45 bits per heavy atom. The number of nitrogens with one attached hydrogen (secondary N) is 3. The molecule has 1 fully saturated rings. The largest absolute Gasteiger partial charge is 0.491 e. The Hall–Kier alpha value is -3.14. The number of nitrogens with zero attached hydrogens (tertiary/aromatic N) is 2. The van der Waals surface area contributed by atoms with Gasteiger partial charge >= 0.3 is 0 Å². The van der Waals surface area contributed by atoms with Crippen molar-refractivity contribution in [2.75, 3.05) is 39.8 Å². The number of fused-ring (bicyclic) bond motifs is 1. The number of ether oxygens (including phenoxy) is 1. The van der Waals surface area contributed by atoms with Crippen molar-refractivity contribution in [3.63, 3.8) is 0 Å². The van der Waals surface area contributed by atoms with E-state index in [1.165, 1.54) is 0 Å². The van der Waals surface area contributed by atoms with Crippen molar-refractivity contribution in [1.82, 2.24) is 25.8 Å². The first kappa shape index (κ1) is 29.4. The van der Waals surface area contributed by atoms with E-state index in [9.17, 15) is 19.2 Å². The number of likely N-dealkylation sites (N-methyl/N-ethyl adjacent to an activating group) is 1. The van der Waals surface area contributed by atoms with Gasteiger partial charge in [0.1, 0.15) is 24.4 Å². The van der Waals surface area contributed by atoms with E-state index >= 15 is 0 Å². The van der Waals surface area contributed by atoms with Gasteiger partial charge in [0.2, 0.25) is 17.7 Å². The number of amides is 4. The predicted octanol–water partition coefficient (Wildman–Crippen LogP) is 1.40. The molecule has 3 rings (SSSR count). The maximum atomic E-state index is 13.6. The lowest BCUT2D eigenvalue weighted by Gasteiger charge is -2.29. The highest BCUT2D eigenvalue weighted by Crippen LogP contribution is 2.20. The first-order chi connectivity index (χ1) is 18.0. The fraction of sp³-hybridized carbons (Fsp3) is 0.643. The second-order valence-electron chi connectivity index (χ2n) is 11.1. The fourth-order valence-corrected chi connectivity index (χ4v) is 4.88. The Balaban J connectivity index is 1.94. The Morgan fingerprint density at radius 1 is 1.00 bits per heavy atom. The Labute approximate surface area is 225 Å². The number of benzene rings is 1. The summed E-state index contributed by atoms with van der Waals surface area (Å²) in [5, 5.41) is 8.65. The number of carbonyl (C=O) groups is 4. The molecule has 0 bridgehead atoms. The molecule has 0 saturated carbocycles. The molecule has 1 saturated heterocycles. The van der Waals surface area contributed by atoms with Gasteiger partial charge in [0.05, 0.1) is 18.0 Å². The molecule has 1 aromatic rings. The highest BCUT2D eigenvalue weighted by atomic mass is 16.5. The molecule has 1 aromatic carbocycles. The van der Waals surface area contributed by atoms with Crippen LogP contribution in [0.2, 0.25) is 0 Å². The van der Waals surface area contributed by atoms with Crippen LogP contribution in [0.3, 0.4) is 0 Å². The Kier molecular flexibility index (Phi) is 10.5. The summed E-state index contributed by atoms with van der Waals surface area (Å²) in [6.45, 7) is 10.6. The van der Waals surface area contributed by atoms with E-state index < -0.39 is 23.9 Å². The van der Waals surface area contributed by atoms with Crippen molar-refractivity contribution < 1.29 is 23.9 Å². The molecule has 0 aliphatic carbocycles. The molecule has 0 radical (unpaired) electrons. The molecule has 2 heterocycles. The van der Waals surface area contributed by atoms with Gasteiger partial charge in [-0.05, 0) is 50.4 Å². The van der Waals surface area contributed by atoms with Crippen LogP contribution in [0.1, 0.15) is 57.3 Å². The van der Waals surface area contributed by atoms with Crippen molar-refractivity contribution in [2.45, 2.75) is 65.1 Å². The standard InChI is InChI=1S/C28H43N5O5/c1-18(2)15-20-17-38-23-10-7-6-9-21(23)26(35)30-22(28(37)33-12-8-11-32(5)13-14-33)16-24(34)31-25(19(3)4)27(36)29-20/h6-7,9-10,18-20,22,25H,8,11-17H2,1-5H3,(H,29,36)(H,30,35)(H,31,34)/t20-,22+,25-/m1/s1. The summed E-state index contributed by atoms with van der Waals surface area (Å²) in [7, 11) is 2.00. The summed E-state index contributed by atoms with van der Waals surface area (Å²) in [4.78, 5) is 57.3. The average molecular weight is 530 g/mol. The van der Waals surface area contributed by atoms with Gasteiger partial charge in [-0.2, -0.15) is 0 Å². The molecule has 0 aromatic heterocycles. The molecule has 4 amide bonds. The first-order valence-corrected chi connectivity index (χ1v) is 13.6. The molecule has 10 heteroatoms. The number of hydrogen-bond acceptors (Lipinski definition) is 6. The maximum absolute atomic E-state index is 13.6. The van der Waals surface area contributed by atoms with Crippen molar-refractivity contribution in [3.05, 3.63) is 29.8 Å². The summed E-state index contributed by atoms with van der Waals surface area (Å²) in [5.74, 6) is -1.09. The first-order valence-electron chi connectivity index (χ1n) is 13.6. The van der Waals surface area contributed by atoms with Crippen LogP contribution in [0.25, 0.3) is 0 Å². The third kappa shape index (κ3) is 8.18. The summed E-state index contributed by atoms with van der Waals surface area (Å²) in [6, 6.07) is 4.64. The van der Waals surface area contributed by atoms with E-state index in [2.05, 4.69) is 34.7 Å². The van der Waals surface area contributed by atoms with Crippen molar-refractivity contribution in [1.29, 1.82) is 0 Å². The summed E-state index contributed by atoms with van der Waals surface area (Å²) >= 11 is 0. The van der Waals surface area contributed by atoms with Gasteiger partial charge in [0.15, 0.2) is 0 Å². The molecule has 10 nitrogen and oxygen atoms in total. The molecule has 3 N–H and O–H groups in total. The van der Waals surface area contributed by atoms with Crippen LogP contribution in [-0.4, -0.2) is 91.4 Å². The van der Waals surface area contributed by atoms with E-state index in [0.29, 0.717) is 37.7 Å². The third-order valence-corrected chi connectivity index (χ3v) is 6.96. The van der Waals surface area contributed by atoms with E-state index in [4.69, 9.17) is 4.74 Å². The second-order valence-corrected chi connectivity index (χ2v) is 11.1. The lowest BCUT2D eigenvalue weighted by atomic mass is 10.00. The Bertz CT molecular complexity index is 998. The summed E-state index contributed by atoms with van der Waals surface area (Å²) < 4.78 is 6.06. The zero-order chi connectivity index (χ0) is 27.8. The lowest BCUT2D eigenvalue weighted by Crippen LogP contribution is -2.56. The van der Waals surface area contributed by atoms with Gasteiger partial charge in [0, 0.05) is 19.6 Å². The zero-order valence-corrected chi connectivity index (χ0v) is 23.3. The molecular weight excluding hydrogens is 486 g/mol. The van der Waals surface area contributed by atoms with E-state index in [-0.39, 0.29) is 42.4 Å². The predicted molar refractivity (Wildman–Crippen MR) is 145 cm³/mol. The minimum atomic E-state index is -1.08. The van der Waals surface area contributed by atoms with Crippen molar-refractivity contribution in [3.8, 4) is 5.75 Å². The number of para-hydroxylation sites is 1. The highest BCUT2D eigenvalue weighted by molar-refractivity contribution is 6.01. The topological polar surface area (TPSA) is 120 Å². The van der Waals surface area contributed by atoms with Gasteiger partial charge in [-0.15, -0.1) is 0 Å². The average Bonchev–Trinajstić information content (AvgIpc) is 3.08. The van der Waals surface area contributed by atoms with Crippen molar-refractivity contribution >= 4 is 23.6 Å². The van der Waals surface area contributed by atoms with Gasteiger partial charge < -0.3 is 30.5 Å². The minimum absolute atomic E-state index is 0.163. The molecule has 2 aliphatic heterocycles. The second kappa shape index (κ2) is 13.6. The van der Waals surface area contributed by atoms with Gasteiger partial charge in [-0.1, -0.05) is 39.8 Å². The van der Waals surface area contributed by atoms with Crippen LogP contribution in [0, 0.1) is 11.8 Å². The zero-order valence-electron chi connectivity index (χ0n) is 23.3. The normalized spacial score (nSPS) is 24.4. The third-order valence-electron chi connectivity index (χ3n) is 6.96. The SMILES string of the molecule is CC(C)C[C@@H]1COc2ccccc2C(=O)N[C@H](C(=O)N2CCCN(C)CC2)CC(=O)N[C@H](C(C)C)C(=O)N1. The molecule has 210 valence electrons. The van der Waals surface area contributed by atoms with Crippen molar-refractivity contribution in [2.24, 2.45) is 11.8 Å². The van der Waals surface area contributed by atoms with Crippen LogP contribution >= 0.6 is 0 Å². The Morgan fingerprint density at radius 2 is 1.74 bits per heavy atom. The maximum Gasteiger partial charge on any atom is 0.255 e. The van der Waals surface area contributed by atoms with E-state index in [1.807, 2.05) is 20.9 Å².